The summed E-state index contributed by atoms with van der Waals surface area (Å²) < 4.78 is 1.91. The molecule has 5 heteroatoms. The maximum atomic E-state index is 11.7. The number of aryl methyl sites for hydroxylation is 2. The van der Waals surface area contributed by atoms with Gasteiger partial charge < -0.3 is 14.8 Å². The summed E-state index contributed by atoms with van der Waals surface area (Å²) in [5, 5.41) is 18.7. The quantitative estimate of drug-likeness (QED) is 0.820. The van der Waals surface area contributed by atoms with E-state index in [1.54, 1.807) is 12.3 Å². The second-order valence-electron chi connectivity index (χ2n) is 4.86. The lowest BCUT2D eigenvalue weighted by atomic mass is 10.0. The van der Waals surface area contributed by atoms with Crippen LogP contribution in [-0.4, -0.2) is 33.1 Å². The first-order valence-electron chi connectivity index (χ1n) is 6.44. The average molecular weight is 275 g/mol. The molecule has 2 aromatic rings. The Morgan fingerprint density at radius 2 is 2.00 bits per heavy atom. The molecule has 0 saturated heterocycles. The highest BCUT2D eigenvalue weighted by Crippen LogP contribution is 2.27. The van der Waals surface area contributed by atoms with Crippen LogP contribution in [0.4, 0.5) is 0 Å². The fraction of sp³-hybridized carbons (Fsp3) is 0.333. The number of fused-ring (bicyclic) bond motifs is 1. The summed E-state index contributed by atoms with van der Waals surface area (Å²) in [4.78, 5) is 22.9. The molecule has 2 rings (SSSR count). The van der Waals surface area contributed by atoms with Gasteiger partial charge in [0.15, 0.2) is 5.78 Å². The van der Waals surface area contributed by atoms with Gasteiger partial charge in [0.2, 0.25) is 0 Å². The third kappa shape index (κ3) is 2.44. The number of ketones is 1. The van der Waals surface area contributed by atoms with Crippen molar-refractivity contribution in [2.75, 3.05) is 6.61 Å². The molecule has 0 aliphatic rings. The van der Waals surface area contributed by atoms with E-state index in [1.165, 1.54) is 13.0 Å². The van der Waals surface area contributed by atoms with Crippen LogP contribution in [0.5, 0.6) is 0 Å². The van der Waals surface area contributed by atoms with Gasteiger partial charge in [-0.05, 0) is 38.0 Å². The molecule has 0 spiro atoms. The summed E-state index contributed by atoms with van der Waals surface area (Å²) in [6, 6.07) is 3.14. The van der Waals surface area contributed by atoms with Gasteiger partial charge in [0.25, 0.3) is 0 Å². The minimum Gasteiger partial charge on any atom is -0.478 e. The third-order valence-electron chi connectivity index (χ3n) is 3.35. The Bertz CT molecular complexity index is 685. The summed E-state index contributed by atoms with van der Waals surface area (Å²) in [6.07, 6.45) is 2.32. The number of aromatic nitrogens is 1. The number of aliphatic hydroxyl groups is 1. The number of hydrogen-bond donors (Lipinski definition) is 2. The number of aliphatic hydroxyl groups excluding tert-OH is 1. The molecule has 1 heterocycles. The first-order valence-corrected chi connectivity index (χ1v) is 6.44. The Morgan fingerprint density at radius 3 is 2.55 bits per heavy atom. The molecule has 0 saturated carbocycles. The van der Waals surface area contributed by atoms with Crippen molar-refractivity contribution in [3.63, 3.8) is 0 Å². The fourth-order valence-corrected chi connectivity index (χ4v) is 2.48. The van der Waals surface area contributed by atoms with E-state index >= 15 is 0 Å². The summed E-state index contributed by atoms with van der Waals surface area (Å²) in [6.45, 7) is 3.96. The number of aromatic carboxylic acids is 1. The van der Waals surface area contributed by atoms with Gasteiger partial charge in [-0.2, -0.15) is 0 Å². The number of nitrogens with zero attached hydrogens (tertiary/aromatic N) is 1. The number of carbonyl (C=O) groups is 2. The molecular formula is C15H17NO4. The van der Waals surface area contributed by atoms with Crippen molar-refractivity contribution < 1.29 is 19.8 Å². The number of rotatable bonds is 5. The average Bonchev–Trinajstić information content (AvgIpc) is 2.75. The molecule has 0 unspecified atom stereocenters. The van der Waals surface area contributed by atoms with Crippen LogP contribution in [-0.2, 0) is 6.54 Å². The molecule has 0 aliphatic heterocycles. The molecule has 0 atom stereocenters. The van der Waals surface area contributed by atoms with Crippen molar-refractivity contribution in [2.45, 2.75) is 26.8 Å². The third-order valence-corrected chi connectivity index (χ3v) is 3.35. The number of benzene rings is 1. The van der Waals surface area contributed by atoms with E-state index in [-0.39, 0.29) is 18.0 Å². The van der Waals surface area contributed by atoms with Crippen LogP contribution < -0.4 is 0 Å². The highest BCUT2D eigenvalue weighted by molar-refractivity contribution is 6.09. The molecule has 0 radical (unpaired) electrons. The van der Waals surface area contributed by atoms with E-state index in [0.717, 1.165) is 11.1 Å². The number of Topliss-reactive ketones (excluding diaryl/α,β-unsaturated/α-hetero) is 1. The second-order valence-corrected chi connectivity index (χ2v) is 4.86. The van der Waals surface area contributed by atoms with Crippen LogP contribution in [0.15, 0.2) is 18.3 Å². The number of carboxylic acid groups (broad SMARTS) is 1. The Morgan fingerprint density at radius 1 is 1.30 bits per heavy atom. The van der Waals surface area contributed by atoms with Crippen LogP contribution in [0.3, 0.4) is 0 Å². The minimum atomic E-state index is -1.01. The molecule has 1 aromatic carbocycles. The molecule has 0 aliphatic carbocycles. The maximum Gasteiger partial charge on any atom is 0.335 e. The lowest BCUT2D eigenvalue weighted by Gasteiger charge is -2.07. The van der Waals surface area contributed by atoms with Gasteiger partial charge in [0.1, 0.15) is 0 Å². The summed E-state index contributed by atoms with van der Waals surface area (Å²) in [5.74, 6) is -1.10. The smallest absolute Gasteiger partial charge is 0.335 e. The maximum absolute atomic E-state index is 11.7. The van der Waals surface area contributed by atoms with E-state index in [2.05, 4.69) is 0 Å². The van der Waals surface area contributed by atoms with E-state index < -0.39 is 5.97 Å². The van der Waals surface area contributed by atoms with Gasteiger partial charge in [0.05, 0.1) is 11.1 Å². The largest absolute Gasteiger partial charge is 0.478 e. The van der Waals surface area contributed by atoms with Crippen LogP contribution in [0.2, 0.25) is 0 Å². The molecule has 0 bridgehead atoms. The Hall–Kier alpha value is -2.14. The van der Waals surface area contributed by atoms with Crippen LogP contribution in [0.1, 0.15) is 39.6 Å². The summed E-state index contributed by atoms with van der Waals surface area (Å²) in [5.41, 5.74) is 2.36. The van der Waals surface area contributed by atoms with E-state index in [0.29, 0.717) is 23.9 Å². The zero-order valence-corrected chi connectivity index (χ0v) is 11.5. The van der Waals surface area contributed by atoms with Gasteiger partial charge in [-0.1, -0.05) is 0 Å². The monoisotopic (exact) mass is 275 g/mol. The lowest BCUT2D eigenvalue weighted by Crippen LogP contribution is -2.01. The Kier molecular flexibility index (Phi) is 3.90. The highest BCUT2D eigenvalue weighted by Gasteiger charge is 2.16. The number of carbonyl (C=O) groups excluding carboxylic acids is 1. The molecule has 20 heavy (non-hydrogen) atoms. The normalized spacial score (nSPS) is 10.9. The molecule has 1 aromatic heterocycles. The van der Waals surface area contributed by atoms with Crippen molar-refractivity contribution in [3.8, 4) is 0 Å². The molecule has 0 amide bonds. The van der Waals surface area contributed by atoms with Crippen LogP contribution in [0.25, 0.3) is 10.9 Å². The van der Waals surface area contributed by atoms with Gasteiger partial charge in [-0.15, -0.1) is 0 Å². The van der Waals surface area contributed by atoms with Crippen LogP contribution in [0, 0.1) is 6.92 Å². The first kappa shape index (κ1) is 14.3. The zero-order valence-electron chi connectivity index (χ0n) is 11.5. The first-order chi connectivity index (χ1) is 9.45. The van der Waals surface area contributed by atoms with Crippen molar-refractivity contribution in [3.05, 3.63) is 35.0 Å². The molecule has 106 valence electrons. The standard InChI is InChI=1S/C15H17NO4/c1-9-6-11(15(19)20)7-12-13(10(2)18)8-16(14(9)12)4-3-5-17/h6-8,17H,3-5H2,1-2H3,(H,19,20). The summed E-state index contributed by atoms with van der Waals surface area (Å²) >= 11 is 0. The fourth-order valence-electron chi connectivity index (χ4n) is 2.48. The Labute approximate surface area is 116 Å². The second kappa shape index (κ2) is 5.46. The van der Waals surface area contributed by atoms with Gasteiger partial charge in [-0.3, -0.25) is 4.79 Å². The molecule has 5 nitrogen and oxygen atoms in total. The van der Waals surface area contributed by atoms with Crippen LogP contribution >= 0.6 is 0 Å². The number of hydrogen-bond acceptors (Lipinski definition) is 3. The predicted octanol–water partition coefficient (Wildman–Crippen LogP) is 2.23. The lowest BCUT2D eigenvalue weighted by molar-refractivity contribution is 0.0696. The van der Waals surface area contributed by atoms with Gasteiger partial charge in [-0.25, -0.2) is 4.79 Å². The number of carboxylic acids is 1. The SMILES string of the molecule is CC(=O)c1cn(CCCO)c2c(C)cc(C(=O)O)cc12. The minimum absolute atomic E-state index is 0.0708. The Balaban J connectivity index is 2.72. The van der Waals surface area contributed by atoms with E-state index in [4.69, 9.17) is 10.2 Å². The topological polar surface area (TPSA) is 79.5 Å². The van der Waals surface area contributed by atoms with Crippen molar-refractivity contribution in [1.29, 1.82) is 0 Å². The highest BCUT2D eigenvalue weighted by atomic mass is 16.4. The van der Waals surface area contributed by atoms with E-state index in [1.807, 2.05) is 11.5 Å². The molecule has 0 fully saturated rings. The zero-order chi connectivity index (χ0) is 14.9. The van der Waals surface area contributed by atoms with Crippen molar-refractivity contribution >= 4 is 22.7 Å². The van der Waals surface area contributed by atoms with Gasteiger partial charge >= 0.3 is 5.97 Å². The van der Waals surface area contributed by atoms with E-state index in [9.17, 15) is 9.59 Å². The summed E-state index contributed by atoms with van der Waals surface area (Å²) in [7, 11) is 0. The molecular weight excluding hydrogens is 258 g/mol. The van der Waals surface area contributed by atoms with Gasteiger partial charge in [0, 0.05) is 30.3 Å². The van der Waals surface area contributed by atoms with Crippen molar-refractivity contribution in [2.24, 2.45) is 0 Å². The van der Waals surface area contributed by atoms with Crippen molar-refractivity contribution in [1.82, 2.24) is 4.57 Å². The predicted molar refractivity (Wildman–Crippen MR) is 75.3 cm³/mol. The molecule has 2 N–H and O–H groups in total.